The lowest BCUT2D eigenvalue weighted by atomic mass is 10.1. The van der Waals surface area contributed by atoms with Crippen LogP contribution in [0.5, 0.6) is 0 Å². The number of alkyl halides is 2. The smallest absolute Gasteiger partial charge is 0.116 e. The molecule has 0 spiro atoms. The molecule has 0 rings (SSSR count). The molecule has 0 saturated carbocycles. The van der Waals surface area contributed by atoms with Crippen molar-refractivity contribution >= 4 is 11.6 Å². The van der Waals surface area contributed by atoms with Crippen molar-refractivity contribution in [1.82, 2.24) is 0 Å². The van der Waals surface area contributed by atoms with Gasteiger partial charge in [0, 0.05) is 0 Å². The van der Waals surface area contributed by atoms with Gasteiger partial charge in [0.15, 0.2) is 0 Å². The molecule has 0 fully saturated rings. The summed E-state index contributed by atoms with van der Waals surface area (Å²) in [7, 11) is 0. The Balaban J connectivity index is 3.32. The van der Waals surface area contributed by atoms with Gasteiger partial charge in [0.25, 0.3) is 0 Å². The van der Waals surface area contributed by atoms with Gasteiger partial charge in [-0.15, -0.1) is 11.6 Å². The molecule has 2 atom stereocenters. The Kier molecular flexibility index (Phi) is 5.16. The minimum atomic E-state index is -0.813. The first-order valence-corrected chi connectivity index (χ1v) is 3.94. The number of hydrogen-bond acceptors (Lipinski definition) is 0. The van der Waals surface area contributed by atoms with E-state index < -0.39 is 6.17 Å². The molecular formula is C7H14ClF. The Bertz CT molecular complexity index is 65.9. The zero-order valence-electron chi connectivity index (χ0n) is 6.03. The lowest BCUT2D eigenvalue weighted by molar-refractivity contribution is 0.304. The van der Waals surface area contributed by atoms with Crippen LogP contribution >= 0.6 is 11.6 Å². The van der Waals surface area contributed by atoms with Crippen LogP contribution < -0.4 is 0 Å². The molecule has 0 aromatic heterocycles. The molecule has 0 heterocycles. The maximum atomic E-state index is 12.6. The van der Waals surface area contributed by atoms with E-state index in [0.29, 0.717) is 6.42 Å². The van der Waals surface area contributed by atoms with Crippen molar-refractivity contribution in [2.24, 2.45) is 0 Å². The monoisotopic (exact) mass is 152 g/mol. The normalized spacial score (nSPS) is 17.3. The molecule has 0 radical (unpaired) electrons. The van der Waals surface area contributed by atoms with E-state index in [0.717, 1.165) is 12.8 Å². The molecule has 0 N–H and O–H groups in total. The van der Waals surface area contributed by atoms with E-state index in [9.17, 15) is 4.39 Å². The summed E-state index contributed by atoms with van der Waals surface area (Å²) in [5, 5.41) is -0.264. The lowest BCUT2D eigenvalue weighted by Gasteiger charge is -2.10. The molecule has 0 aliphatic heterocycles. The van der Waals surface area contributed by atoms with Crippen LogP contribution in [0, 0.1) is 0 Å². The molecule has 2 heteroatoms. The largest absolute Gasteiger partial charge is 0.246 e. The highest BCUT2D eigenvalue weighted by Crippen LogP contribution is 2.15. The molecule has 56 valence electrons. The van der Waals surface area contributed by atoms with Crippen molar-refractivity contribution < 1.29 is 4.39 Å². The second-order valence-electron chi connectivity index (χ2n) is 2.23. The number of hydrogen-bond donors (Lipinski definition) is 0. The van der Waals surface area contributed by atoms with Crippen LogP contribution in [0.1, 0.15) is 33.1 Å². The van der Waals surface area contributed by atoms with Crippen molar-refractivity contribution in [3.8, 4) is 0 Å². The predicted octanol–water partition coefficient (Wildman–Crippen LogP) is 3.14. The Morgan fingerprint density at radius 2 is 2.00 bits per heavy atom. The van der Waals surface area contributed by atoms with Crippen molar-refractivity contribution in [2.45, 2.75) is 44.7 Å². The third kappa shape index (κ3) is 3.74. The molecule has 0 bridgehead atoms. The summed E-state index contributed by atoms with van der Waals surface area (Å²) in [6.07, 6.45) is 1.48. The highest BCUT2D eigenvalue weighted by molar-refractivity contribution is 6.21. The first-order chi connectivity index (χ1) is 4.22. The van der Waals surface area contributed by atoms with Crippen molar-refractivity contribution in [1.29, 1.82) is 0 Å². The van der Waals surface area contributed by atoms with Crippen LogP contribution in [-0.4, -0.2) is 11.5 Å². The summed E-state index contributed by atoms with van der Waals surface area (Å²) in [4.78, 5) is 0. The fourth-order valence-corrected chi connectivity index (χ4v) is 1.11. The van der Waals surface area contributed by atoms with Gasteiger partial charge in [-0.1, -0.05) is 20.3 Å². The van der Waals surface area contributed by atoms with Gasteiger partial charge in [-0.3, -0.25) is 0 Å². The molecule has 2 unspecified atom stereocenters. The summed E-state index contributed by atoms with van der Waals surface area (Å²) >= 11 is 5.66. The van der Waals surface area contributed by atoms with Gasteiger partial charge >= 0.3 is 0 Å². The van der Waals surface area contributed by atoms with Gasteiger partial charge in [-0.2, -0.15) is 0 Å². The summed E-state index contributed by atoms with van der Waals surface area (Å²) in [5.41, 5.74) is 0. The van der Waals surface area contributed by atoms with E-state index in [-0.39, 0.29) is 5.38 Å². The van der Waals surface area contributed by atoms with Gasteiger partial charge in [0.2, 0.25) is 0 Å². The molecule has 9 heavy (non-hydrogen) atoms. The van der Waals surface area contributed by atoms with Crippen LogP contribution in [0.15, 0.2) is 0 Å². The highest BCUT2D eigenvalue weighted by atomic mass is 35.5. The first-order valence-electron chi connectivity index (χ1n) is 3.50. The summed E-state index contributed by atoms with van der Waals surface area (Å²) < 4.78 is 12.6. The summed E-state index contributed by atoms with van der Waals surface area (Å²) in [6, 6.07) is 0. The molecule has 0 aromatic carbocycles. The van der Waals surface area contributed by atoms with Crippen LogP contribution in [-0.2, 0) is 0 Å². The Labute approximate surface area is 61.4 Å². The minimum Gasteiger partial charge on any atom is -0.246 e. The van der Waals surface area contributed by atoms with E-state index in [1.165, 1.54) is 0 Å². The first kappa shape index (κ1) is 9.22. The molecular weight excluding hydrogens is 139 g/mol. The maximum absolute atomic E-state index is 12.6. The maximum Gasteiger partial charge on any atom is 0.116 e. The Hall–Kier alpha value is 0.220. The average molecular weight is 153 g/mol. The molecule has 0 aliphatic carbocycles. The topological polar surface area (TPSA) is 0 Å². The standard InChI is InChI=1S/C7H14ClF/c1-3-5-6(8)7(9)4-2/h6-7H,3-5H2,1-2H3. The van der Waals surface area contributed by atoms with E-state index in [1.807, 2.05) is 13.8 Å². The third-order valence-electron chi connectivity index (χ3n) is 1.35. The van der Waals surface area contributed by atoms with Crippen LogP contribution in [0.25, 0.3) is 0 Å². The van der Waals surface area contributed by atoms with Crippen LogP contribution in [0.4, 0.5) is 4.39 Å². The predicted molar refractivity (Wildman–Crippen MR) is 39.7 cm³/mol. The van der Waals surface area contributed by atoms with Gasteiger partial charge in [-0.05, 0) is 12.8 Å². The molecule has 0 amide bonds. The second kappa shape index (κ2) is 5.04. The van der Waals surface area contributed by atoms with E-state index in [2.05, 4.69) is 0 Å². The zero-order valence-corrected chi connectivity index (χ0v) is 6.79. The zero-order chi connectivity index (χ0) is 7.28. The lowest BCUT2D eigenvalue weighted by Crippen LogP contribution is -2.14. The minimum absolute atomic E-state index is 0.264. The van der Waals surface area contributed by atoms with Gasteiger partial charge in [0.1, 0.15) is 6.17 Å². The molecule has 0 nitrogen and oxygen atoms in total. The summed E-state index contributed by atoms with van der Waals surface area (Å²) in [6.45, 7) is 3.83. The fraction of sp³-hybridized carbons (Fsp3) is 1.00. The third-order valence-corrected chi connectivity index (χ3v) is 1.84. The van der Waals surface area contributed by atoms with Gasteiger partial charge in [0.05, 0.1) is 5.38 Å². The highest BCUT2D eigenvalue weighted by Gasteiger charge is 2.14. The fourth-order valence-electron chi connectivity index (χ4n) is 0.712. The van der Waals surface area contributed by atoms with E-state index in [4.69, 9.17) is 11.6 Å². The van der Waals surface area contributed by atoms with E-state index in [1.54, 1.807) is 0 Å². The molecule has 0 aromatic rings. The van der Waals surface area contributed by atoms with Crippen LogP contribution in [0.2, 0.25) is 0 Å². The average Bonchev–Trinajstić information content (AvgIpc) is 1.87. The van der Waals surface area contributed by atoms with Gasteiger partial charge < -0.3 is 0 Å². The summed E-state index contributed by atoms with van der Waals surface area (Å²) in [5.74, 6) is 0. The SMILES string of the molecule is CCCC(Cl)C(F)CC. The van der Waals surface area contributed by atoms with Crippen LogP contribution in [0.3, 0.4) is 0 Å². The number of halogens is 2. The van der Waals surface area contributed by atoms with E-state index >= 15 is 0 Å². The quantitative estimate of drug-likeness (QED) is 0.543. The van der Waals surface area contributed by atoms with Crippen molar-refractivity contribution in [3.05, 3.63) is 0 Å². The Morgan fingerprint density at radius 3 is 2.33 bits per heavy atom. The molecule has 0 aliphatic rings. The Morgan fingerprint density at radius 1 is 1.44 bits per heavy atom. The van der Waals surface area contributed by atoms with Crippen molar-refractivity contribution in [2.75, 3.05) is 0 Å². The second-order valence-corrected chi connectivity index (χ2v) is 2.79. The van der Waals surface area contributed by atoms with Gasteiger partial charge in [-0.25, -0.2) is 4.39 Å². The molecule has 0 saturated heterocycles. The van der Waals surface area contributed by atoms with Crippen molar-refractivity contribution in [3.63, 3.8) is 0 Å². The number of rotatable bonds is 4.